The molecule has 0 amide bonds. The average molecular weight is 164 g/mol. The molecule has 0 bridgehead atoms. The maximum absolute atomic E-state index is 12.6. The van der Waals surface area contributed by atoms with Crippen LogP contribution in [0.25, 0.3) is 10.9 Å². The fourth-order valence-corrected chi connectivity index (χ4v) is 1.01. The Kier molecular flexibility index (Phi) is 1.50. The molecule has 0 aliphatic heterocycles. The Morgan fingerprint density at radius 3 is 2.75 bits per heavy atom. The number of nitrogens with zero attached hydrogens (tertiary/aromatic N) is 1. The Morgan fingerprint density at radius 2 is 1.92 bits per heavy atom. The number of aromatic nitrogens is 1. The van der Waals surface area contributed by atoms with Gasteiger partial charge in [0.25, 0.3) is 0 Å². The van der Waals surface area contributed by atoms with Gasteiger partial charge >= 0.3 is 0 Å². The van der Waals surface area contributed by atoms with Crippen LogP contribution in [0.15, 0.2) is 24.4 Å². The third kappa shape index (κ3) is 1.13. The molecule has 0 atom stereocenters. The van der Waals surface area contributed by atoms with Crippen LogP contribution in [0.1, 0.15) is 0 Å². The molecule has 1 heterocycles. The maximum atomic E-state index is 12.6. The normalized spacial score (nSPS) is 10.5. The summed E-state index contributed by atoms with van der Waals surface area (Å²) >= 11 is 0. The molecule has 12 heavy (non-hydrogen) atoms. The van der Waals surface area contributed by atoms with Crippen LogP contribution in [0.3, 0.4) is 0 Å². The van der Waals surface area contributed by atoms with Crippen molar-refractivity contribution in [2.75, 3.05) is 0 Å². The van der Waals surface area contributed by atoms with Gasteiger partial charge in [-0.3, -0.25) is 4.98 Å². The lowest BCUT2D eigenvalue weighted by molar-refractivity contribution is 0.621. The number of benzene rings is 1. The molecule has 0 saturated carbocycles. The summed E-state index contributed by atoms with van der Waals surface area (Å²) in [6.45, 7) is 0. The Balaban J connectivity index is 2.80. The molecule has 1 aromatic heterocycles. The summed E-state index contributed by atoms with van der Waals surface area (Å²) < 4.78 is 25.2. The van der Waals surface area contributed by atoms with Crippen molar-refractivity contribution in [3.8, 4) is 0 Å². The summed E-state index contributed by atoms with van der Waals surface area (Å²) in [5.74, 6) is -0.906. The molecule has 0 spiro atoms. The second kappa shape index (κ2) is 2.52. The first kappa shape index (κ1) is 7.16. The van der Waals surface area contributed by atoms with Crippen LogP contribution in [-0.2, 0) is 0 Å². The molecule has 0 N–H and O–H groups in total. The van der Waals surface area contributed by atoms with Gasteiger partial charge in [-0.15, -0.1) is 0 Å². The van der Waals surface area contributed by atoms with Crippen molar-refractivity contribution in [1.29, 1.82) is 0 Å². The highest BCUT2D eigenvalue weighted by Crippen LogP contribution is 2.12. The van der Waals surface area contributed by atoms with Crippen molar-refractivity contribution in [2.24, 2.45) is 0 Å². The lowest BCUT2D eigenvalue weighted by Crippen LogP contribution is -1.83. The fourth-order valence-electron chi connectivity index (χ4n) is 1.01. The summed E-state index contributed by atoms with van der Waals surface area (Å²) in [7, 11) is 0. The predicted octanol–water partition coefficient (Wildman–Crippen LogP) is 2.31. The summed E-state index contributed by atoms with van der Waals surface area (Å²) in [5.41, 5.74) is 0.470. The minimum Gasteiger partial charge on any atom is -0.253 e. The van der Waals surface area contributed by atoms with Crippen molar-refractivity contribution in [1.82, 2.24) is 4.98 Å². The van der Waals surface area contributed by atoms with Gasteiger partial charge in [-0.1, -0.05) is 0 Å². The van der Waals surface area contributed by atoms with E-state index in [9.17, 15) is 8.78 Å². The van der Waals surface area contributed by atoms with E-state index in [2.05, 4.69) is 11.1 Å². The SMILES string of the molecule is Fc1c[c]c2ncc(F)cc2c1. The number of halogens is 2. The van der Waals surface area contributed by atoms with E-state index in [1.807, 2.05) is 0 Å². The van der Waals surface area contributed by atoms with Gasteiger partial charge in [0, 0.05) is 11.5 Å². The van der Waals surface area contributed by atoms with E-state index >= 15 is 0 Å². The zero-order chi connectivity index (χ0) is 8.55. The first-order valence-corrected chi connectivity index (χ1v) is 3.38. The number of pyridine rings is 1. The smallest absolute Gasteiger partial charge is 0.142 e. The van der Waals surface area contributed by atoms with Crippen LogP contribution in [0, 0.1) is 17.7 Å². The summed E-state index contributed by atoms with van der Waals surface area (Å²) in [6.07, 6.45) is 1.08. The zero-order valence-electron chi connectivity index (χ0n) is 6.01. The second-order valence-electron chi connectivity index (χ2n) is 2.41. The summed E-state index contributed by atoms with van der Waals surface area (Å²) in [4.78, 5) is 3.72. The monoisotopic (exact) mass is 164 g/mol. The van der Waals surface area contributed by atoms with Crippen molar-refractivity contribution < 1.29 is 8.78 Å². The number of hydrogen-bond acceptors (Lipinski definition) is 1. The van der Waals surface area contributed by atoms with Crippen molar-refractivity contribution in [3.05, 3.63) is 42.1 Å². The molecule has 0 saturated heterocycles. The molecule has 0 fully saturated rings. The molecule has 59 valence electrons. The van der Waals surface area contributed by atoms with Crippen molar-refractivity contribution in [2.45, 2.75) is 0 Å². The van der Waals surface area contributed by atoms with Gasteiger partial charge < -0.3 is 0 Å². The Hall–Kier alpha value is -1.51. The van der Waals surface area contributed by atoms with Gasteiger partial charge in [-0.2, -0.15) is 0 Å². The van der Waals surface area contributed by atoms with E-state index in [4.69, 9.17) is 0 Å². The molecule has 1 aromatic carbocycles. The molecule has 3 heteroatoms. The standard InChI is InChI=1S/C9H4F2N/c10-7-1-2-9-6(3-7)4-8(11)5-12-9/h1,3-5H. The lowest BCUT2D eigenvalue weighted by Gasteiger charge is -1.95. The molecule has 0 aliphatic rings. The van der Waals surface area contributed by atoms with Crippen LogP contribution < -0.4 is 0 Å². The fraction of sp³-hybridized carbons (Fsp3) is 0. The van der Waals surface area contributed by atoms with E-state index in [1.54, 1.807) is 0 Å². The number of fused-ring (bicyclic) bond motifs is 1. The quantitative estimate of drug-likeness (QED) is 0.582. The first-order chi connectivity index (χ1) is 5.75. The van der Waals surface area contributed by atoms with Crippen LogP contribution in [0.5, 0.6) is 0 Å². The van der Waals surface area contributed by atoms with E-state index in [0.717, 1.165) is 6.20 Å². The number of rotatable bonds is 0. The highest BCUT2D eigenvalue weighted by atomic mass is 19.1. The molecular weight excluding hydrogens is 160 g/mol. The minimum atomic E-state index is -0.471. The predicted molar refractivity (Wildman–Crippen MR) is 40.5 cm³/mol. The molecule has 1 radical (unpaired) electrons. The van der Waals surface area contributed by atoms with Crippen LogP contribution in [0.4, 0.5) is 8.78 Å². The van der Waals surface area contributed by atoms with E-state index < -0.39 is 11.6 Å². The Morgan fingerprint density at radius 1 is 1.17 bits per heavy atom. The van der Waals surface area contributed by atoms with Crippen LogP contribution in [-0.4, -0.2) is 4.98 Å². The van der Waals surface area contributed by atoms with Gasteiger partial charge in [-0.05, 0) is 18.2 Å². The second-order valence-corrected chi connectivity index (χ2v) is 2.41. The van der Waals surface area contributed by atoms with Crippen LogP contribution in [0.2, 0.25) is 0 Å². The molecule has 2 rings (SSSR count). The lowest BCUT2D eigenvalue weighted by atomic mass is 10.2. The Bertz CT molecular complexity index is 389. The maximum Gasteiger partial charge on any atom is 0.142 e. The van der Waals surface area contributed by atoms with E-state index in [0.29, 0.717) is 10.9 Å². The van der Waals surface area contributed by atoms with Gasteiger partial charge in [0.2, 0.25) is 0 Å². The highest BCUT2D eigenvalue weighted by Gasteiger charge is 1.98. The summed E-state index contributed by atoms with van der Waals surface area (Å²) in [6, 6.07) is 6.22. The molecule has 0 unspecified atom stereocenters. The molecule has 0 aliphatic carbocycles. The minimum absolute atomic E-state index is 0.426. The highest BCUT2D eigenvalue weighted by molar-refractivity contribution is 5.77. The van der Waals surface area contributed by atoms with Crippen LogP contribution >= 0.6 is 0 Å². The topological polar surface area (TPSA) is 12.9 Å². The zero-order valence-corrected chi connectivity index (χ0v) is 6.01. The Labute approximate surface area is 67.7 Å². The number of hydrogen-bond donors (Lipinski definition) is 0. The van der Waals surface area contributed by atoms with E-state index in [-0.39, 0.29) is 0 Å². The van der Waals surface area contributed by atoms with Gasteiger partial charge in [-0.25, -0.2) is 8.78 Å². The third-order valence-corrected chi connectivity index (χ3v) is 1.52. The van der Waals surface area contributed by atoms with Crippen molar-refractivity contribution >= 4 is 10.9 Å². The van der Waals surface area contributed by atoms with Gasteiger partial charge in [0.1, 0.15) is 11.6 Å². The molecular formula is C9H4F2N. The third-order valence-electron chi connectivity index (χ3n) is 1.52. The van der Waals surface area contributed by atoms with Gasteiger partial charge in [0.15, 0.2) is 0 Å². The van der Waals surface area contributed by atoms with Crippen molar-refractivity contribution in [3.63, 3.8) is 0 Å². The first-order valence-electron chi connectivity index (χ1n) is 3.38. The largest absolute Gasteiger partial charge is 0.253 e. The van der Waals surface area contributed by atoms with Gasteiger partial charge in [0.05, 0.1) is 11.7 Å². The molecule has 1 nitrogen and oxygen atoms in total. The molecule has 2 aromatic rings. The summed E-state index contributed by atoms with van der Waals surface area (Å²) in [5, 5.41) is 0.426. The van der Waals surface area contributed by atoms with E-state index in [1.165, 1.54) is 18.2 Å². The average Bonchev–Trinajstić information content (AvgIpc) is 2.03.